The normalized spacial score (nSPS) is 26.4. The summed E-state index contributed by atoms with van der Waals surface area (Å²) in [4.78, 5) is 12.7. The first-order chi connectivity index (χ1) is 12.4. The number of rotatable bonds is 5. The largest absolute Gasteiger partial charge is 0.391 e. The van der Waals surface area contributed by atoms with Crippen LogP contribution in [0.1, 0.15) is 18.4 Å². The third kappa shape index (κ3) is 5.20. The molecule has 0 saturated carbocycles. The molecule has 2 aliphatic rings. The van der Waals surface area contributed by atoms with Crippen LogP contribution in [0.2, 0.25) is 0 Å². The predicted octanol–water partition coefficient (Wildman–Crippen LogP) is 0.514. The van der Waals surface area contributed by atoms with E-state index in [1.807, 2.05) is 6.92 Å². The molecule has 2 saturated heterocycles. The number of aryl methyl sites for hydroxylation is 1. The average molecular weight is 418 g/mol. The first kappa shape index (κ1) is 22.1. The quantitative estimate of drug-likeness (QED) is 0.648. The smallest absolute Gasteiger partial charge is 0.243 e. The molecule has 2 aliphatic heterocycles. The summed E-state index contributed by atoms with van der Waals surface area (Å²) in [7, 11) is -3.58. The molecule has 152 valence electrons. The molecule has 7 nitrogen and oxygen atoms in total. The number of amides is 1. The Kier molecular flexibility index (Phi) is 7.64. The van der Waals surface area contributed by atoms with Crippen molar-refractivity contribution in [3.05, 3.63) is 29.8 Å². The number of benzene rings is 1. The molecule has 1 aromatic carbocycles. The van der Waals surface area contributed by atoms with E-state index in [0.717, 1.165) is 5.56 Å². The number of aliphatic hydroxyl groups excluding tert-OH is 1. The number of carbonyl (C=O) groups excluding carboxylic acids is 1. The lowest BCUT2D eigenvalue weighted by atomic mass is 9.98. The fourth-order valence-corrected chi connectivity index (χ4v) is 5.06. The van der Waals surface area contributed by atoms with Gasteiger partial charge in [-0.2, -0.15) is 4.31 Å². The Bertz CT molecular complexity index is 741. The molecule has 2 heterocycles. The minimum absolute atomic E-state index is 0. The van der Waals surface area contributed by atoms with E-state index in [9.17, 15) is 18.3 Å². The molecule has 3 unspecified atom stereocenters. The van der Waals surface area contributed by atoms with E-state index in [2.05, 4.69) is 10.6 Å². The van der Waals surface area contributed by atoms with Crippen molar-refractivity contribution >= 4 is 28.3 Å². The Labute approximate surface area is 167 Å². The molecule has 0 aliphatic carbocycles. The first-order valence-corrected chi connectivity index (χ1v) is 10.6. The van der Waals surface area contributed by atoms with Gasteiger partial charge in [-0.1, -0.05) is 17.7 Å². The van der Waals surface area contributed by atoms with Gasteiger partial charge in [-0.25, -0.2) is 8.42 Å². The van der Waals surface area contributed by atoms with Gasteiger partial charge in [-0.05, 0) is 31.9 Å². The van der Waals surface area contributed by atoms with E-state index >= 15 is 0 Å². The topological polar surface area (TPSA) is 98.7 Å². The number of piperidine rings is 1. The van der Waals surface area contributed by atoms with Gasteiger partial charge in [-0.3, -0.25) is 4.79 Å². The van der Waals surface area contributed by atoms with E-state index < -0.39 is 16.1 Å². The van der Waals surface area contributed by atoms with Crippen LogP contribution < -0.4 is 10.6 Å². The van der Waals surface area contributed by atoms with Crippen molar-refractivity contribution in [2.45, 2.75) is 30.8 Å². The average Bonchev–Trinajstić information content (AvgIpc) is 3.05. The zero-order valence-electron chi connectivity index (χ0n) is 15.4. The van der Waals surface area contributed by atoms with Gasteiger partial charge in [-0.15, -0.1) is 12.4 Å². The zero-order chi connectivity index (χ0) is 18.7. The Morgan fingerprint density at radius 2 is 2.00 bits per heavy atom. The maximum absolute atomic E-state index is 12.8. The minimum Gasteiger partial charge on any atom is -0.391 e. The maximum Gasteiger partial charge on any atom is 0.243 e. The summed E-state index contributed by atoms with van der Waals surface area (Å²) in [5.74, 6) is -0.474. The molecule has 2 fully saturated rings. The summed E-state index contributed by atoms with van der Waals surface area (Å²) >= 11 is 0. The van der Waals surface area contributed by atoms with Crippen molar-refractivity contribution in [3.63, 3.8) is 0 Å². The van der Waals surface area contributed by atoms with Crippen molar-refractivity contribution in [1.29, 1.82) is 0 Å². The third-order valence-electron chi connectivity index (χ3n) is 5.26. The van der Waals surface area contributed by atoms with Crippen molar-refractivity contribution in [2.75, 3.05) is 32.7 Å². The zero-order valence-corrected chi connectivity index (χ0v) is 17.1. The first-order valence-electron chi connectivity index (χ1n) is 9.11. The van der Waals surface area contributed by atoms with Gasteiger partial charge in [0, 0.05) is 38.6 Å². The molecule has 3 rings (SSSR count). The second-order valence-corrected chi connectivity index (χ2v) is 9.18. The van der Waals surface area contributed by atoms with Crippen LogP contribution in [0.25, 0.3) is 0 Å². The van der Waals surface area contributed by atoms with Gasteiger partial charge < -0.3 is 15.7 Å². The van der Waals surface area contributed by atoms with Gasteiger partial charge in [0.25, 0.3) is 0 Å². The fraction of sp³-hybridized carbons (Fsp3) is 0.611. The van der Waals surface area contributed by atoms with Crippen molar-refractivity contribution in [3.8, 4) is 0 Å². The number of nitrogens with one attached hydrogen (secondary N) is 2. The summed E-state index contributed by atoms with van der Waals surface area (Å²) in [6.07, 6.45) is 0.897. The molecular formula is C18H28ClN3O4S. The van der Waals surface area contributed by atoms with E-state index in [1.165, 1.54) is 4.31 Å². The van der Waals surface area contributed by atoms with Crippen molar-refractivity contribution < 1.29 is 18.3 Å². The molecule has 0 radical (unpaired) electrons. The van der Waals surface area contributed by atoms with E-state index in [4.69, 9.17) is 0 Å². The van der Waals surface area contributed by atoms with Crippen LogP contribution in [0.5, 0.6) is 0 Å². The van der Waals surface area contributed by atoms with Crippen LogP contribution in [0.4, 0.5) is 0 Å². The van der Waals surface area contributed by atoms with E-state index in [-0.39, 0.29) is 41.6 Å². The highest BCUT2D eigenvalue weighted by molar-refractivity contribution is 7.89. The molecule has 3 N–H and O–H groups in total. The highest BCUT2D eigenvalue weighted by Gasteiger charge is 2.34. The van der Waals surface area contributed by atoms with Crippen molar-refractivity contribution in [2.24, 2.45) is 11.8 Å². The number of hydrogen-bond donors (Lipinski definition) is 3. The summed E-state index contributed by atoms with van der Waals surface area (Å²) < 4.78 is 27.1. The monoisotopic (exact) mass is 417 g/mol. The van der Waals surface area contributed by atoms with Crippen molar-refractivity contribution in [1.82, 2.24) is 14.9 Å². The molecule has 1 aromatic rings. The van der Waals surface area contributed by atoms with Gasteiger partial charge in [0.2, 0.25) is 15.9 Å². The second kappa shape index (κ2) is 9.34. The van der Waals surface area contributed by atoms with Crippen LogP contribution in [0.15, 0.2) is 29.2 Å². The molecule has 27 heavy (non-hydrogen) atoms. The fourth-order valence-electron chi connectivity index (χ4n) is 3.54. The Morgan fingerprint density at radius 3 is 2.63 bits per heavy atom. The predicted molar refractivity (Wildman–Crippen MR) is 105 cm³/mol. The second-order valence-electron chi connectivity index (χ2n) is 7.25. The Hall–Kier alpha value is -1.19. The number of halogens is 1. The number of carbonyl (C=O) groups is 1. The number of aliphatic hydroxyl groups is 1. The Morgan fingerprint density at radius 1 is 1.30 bits per heavy atom. The molecule has 9 heteroatoms. The molecule has 0 aromatic heterocycles. The van der Waals surface area contributed by atoms with Crippen LogP contribution >= 0.6 is 12.4 Å². The summed E-state index contributed by atoms with van der Waals surface area (Å²) in [6, 6.07) is 6.79. The highest BCUT2D eigenvalue weighted by Crippen LogP contribution is 2.24. The van der Waals surface area contributed by atoms with Crippen LogP contribution in [0, 0.1) is 18.8 Å². The molecule has 0 spiro atoms. The van der Waals surface area contributed by atoms with Gasteiger partial charge in [0.05, 0.1) is 16.9 Å². The van der Waals surface area contributed by atoms with E-state index in [0.29, 0.717) is 39.0 Å². The lowest BCUT2D eigenvalue weighted by Crippen LogP contribution is -2.46. The minimum atomic E-state index is -3.58. The summed E-state index contributed by atoms with van der Waals surface area (Å²) in [5, 5.41) is 15.8. The lowest BCUT2D eigenvalue weighted by molar-refractivity contribution is -0.126. The Balaban J connectivity index is 0.00000261. The number of β-amino-alcohol motifs (C(OH)–C–C–N with tert-alkyl or cyclic N) is 1. The lowest BCUT2D eigenvalue weighted by Gasteiger charge is -2.31. The number of sulfonamides is 1. The summed E-state index contributed by atoms with van der Waals surface area (Å²) in [6.45, 7) is 4.19. The molecule has 1 amide bonds. The van der Waals surface area contributed by atoms with Gasteiger partial charge in [0.15, 0.2) is 0 Å². The van der Waals surface area contributed by atoms with Gasteiger partial charge in [0.1, 0.15) is 0 Å². The van der Waals surface area contributed by atoms with Gasteiger partial charge >= 0.3 is 0 Å². The number of nitrogens with zero attached hydrogens (tertiary/aromatic N) is 1. The molecule has 3 atom stereocenters. The van der Waals surface area contributed by atoms with Crippen LogP contribution in [-0.4, -0.2) is 62.6 Å². The maximum atomic E-state index is 12.8. The molecule has 0 bridgehead atoms. The summed E-state index contributed by atoms with van der Waals surface area (Å²) in [5.41, 5.74) is 1.00. The number of hydrogen-bond acceptors (Lipinski definition) is 5. The van der Waals surface area contributed by atoms with Crippen LogP contribution in [0.3, 0.4) is 0 Å². The third-order valence-corrected chi connectivity index (χ3v) is 7.14. The standard InChI is InChI=1S/C18H27N3O4S.ClH/c1-13-4-6-16(7-5-13)26(24,25)21-8-2-3-14(12-21)18(23)20-10-15-9-19-11-17(15)22;/h4-7,14-15,17,19,22H,2-3,8-12H2,1H3,(H,20,23);1H. The van der Waals surface area contributed by atoms with Crippen LogP contribution in [-0.2, 0) is 14.8 Å². The highest BCUT2D eigenvalue weighted by atomic mass is 35.5. The van der Waals surface area contributed by atoms with E-state index in [1.54, 1.807) is 24.3 Å². The SMILES string of the molecule is Cc1ccc(S(=O)(=O)N2CCCC(C(=O)NCC3CNCC3O)C2)cc1.Cl. The molecular weight excluding hydrogens is 390 g/mol.